The first kappa shape index (κ1) is 19.2. The number of hydrogen-bond acceptors (Lipinski definition) is 3. The molecule has 8 heteroatoms. The van der Waals surface area contributed by atoms with Crippen molar-refractivity contribution < 1.29 is 22.8 Å². The van der Waals surface area contributed by atoms with Gasteiger partial charge in [-0.15, -0.1) is 0 Å². The zero-order chi connectivity index (χ0) is 18.4. The van der Waals surface area contributed by atoms with Gasteiger partial charge in [0.25, 0.3) is 0 Å². The van der Waals surface area contributed by atoms with Crippen molar-refractivity contribution in [2.75, 3.05) is 38.0 Å². The quantitative estimate of drug-likeness (QED) is 0.763. The molecule has 2 rings (SSSR count). The third kappa shape index (κ3) is 5.19. The van der Waals surface area contributed by atoms with Crippen molar-refractivity contribution >= 4 is 17.5 Å². The number of carbonyl (C=O) groups is 2. The Morgan fingerprint density at radius 3 is 2.44 bits per heavy atom. The smallest absolute Gasteiger partial charge is 0.238 e. The number of carbonyl (C=O) groups excluding carboxylic acids is 2. The van der Waals surface area contributed by atoms with E-state index in [1.807, 2.05) is 6.92 Å². The molecule has 5 nitrogen and oxygen atoms in total. The Balaban J connectivity index is 1.95. The zero-order valence-electron chi connectivity index (χ0n) is 14.2. The molecule has 2 amide bonds. The molecular weight excluding hydrogens is 335 g/mol. The molecule has 1 aromatic rings. The van der Waals surface area contributed by atoms with E-state index in [0.29, 0.717) is 6.54 Å². The number of hydrogen-bond donors (Lipinski definition) is 1. The average Bonchev–Trinajstić information content (AvgIpc) is 3.10. The van der Waals surface area contributed by atoms with Crippen LogP contribution in [0, 0.1) is 17.5 Å². The van der Waals surface area contributed by atoms with Crippen LogP contribution in [-0.2, 0) is 9.59 Å². The van der Waals surface area contributed by atoms with Gasteiger partial charge in [0.15, 0.2) is 17.5 Å². The molecule has 25 heavy (non-hydrogen) atoms. The maximum atomic E-state index is 13.6. The Bertz CT molecular complexity index is 634. The molecule has 1 heterocycles. The van der Waals surface area contributed by atoms with Crippen molar-refractivity contribution in [3.8, 4) is 0 Å². The number of amides is 2. The van der Waals surface area contributed by atoms with Crippen molar-refractivity contribution in [1.82, 2.24) is 9.80 Å². The second-order valence-electron chi connectivity index (χ2n) is 6.07. The monoisotopic (exact) mass is 357 g/mol. The van der Waals surface area contributed by atoms with Crippen molar-refractivity contribution in [2.24, 2.45) is 0 Å². The highest BCUT2D eigenvalue weighted by Gasteiger charge is 2.22. The van der Waals surface area contributed by atoms with Crippen LogP contribution in [0.2, 0.25) is 0 Å². The Morgan fingerprint density at radius 2 is 1.80 bits per heavy atom. The lowest BCUT2D eigenvalue weighted by atomic mass is 10.2. The van der Waals surface area contributed by atoms with Gasteiger partial charge in [0, 0.05) is 13.1 Å². The number of rotatable bonds is 7. The summed E-state index contributed by atoms with van der Waals surface area (Å²) in [6.07, 6.45) is 2.70. The summed E-state index contributed by atoms with van der Waals surface area (Å²) in [7, 11) is 0. The lowest BCUT2D eigenvalue weighted by Gasteiger charge is -2.24. The largest absolute Gasteiger partial charge is 0.342 e. The molecule has 1 aromatic carbocycles. The van der Waals surface area contributed by atoms with Crippen LogP contribution >= 0.6 is 0 Å². The van der Waals surface area contributed by atoms with E-state index in [-0.39, 0.29) is 19.0 Å². The molecule has 1 saturated heterocycles. The summed E-state index contributed by atoms with van der Waals surface area (Å²) in [5.74, 6) is -5.03. The molecular formula is C17H22F3N3O2. The topological polar surface area (TPSA) is 52.7 Å². The summed E-state index contributed by atoms with van der Waals surface area (Å²) in [6.45, 7) is 3.86. The molecule has 0 radical (unpaired) electrons. The summed E-state index contributed by atoms with van der Waals surface area (Å²) in [4.78, 5) is 27.7. The number of anilines is 1. The summed E-state index contributed by atoms with van der Waals surface area (Å²) >= 11 is 0. The highest BCUT2D eigenvalue weighted by Crippen LogP contribution is 2.19. The van der Waals surface area contributed by atoms with E-state index >= 15 is 0 Å². The number of nitrogens with one attached hydrogen (secondary N) is 1. The molecule has 0 saturated carbocycles. The maximum absolute atomic E-state index is 13.6. The summed E-state index contributed by atoms with van der Waals surface area (Å²) < 4.78 is 39.7. The summed E-state index contributed by atoms with van der Waals surface area (Å²) in [5.41, 5.74) is -0.425. The highest BCUT2D eigenvalue weighted by molar-refractivity contribution is 5.92. The van der Waals surface area contributed by atoms with Crippen LogP contribution in [-0.4, -0.2) is 54.3 Å². The van der Waals surface area contributed by atoms with Gasteiger partial charge in [0.2, 0.25) is 11.8 Å². The molecule has 0 unspecified atom stereocenters. The van der Waals surface area contributed by atoms with Crippen molar-refractivity contribution in [1.29, 1.82) is 0 Å². The van der Waals surface area contributed by atoms with Gasteiger partial charge in [-0.25, -0.2) is 13.2 Å². The van der Waals surface area contributed by atoms with E-state index in [1.165, 1.54) is 0 Å². The van der Waals surface area contributed by atoms with Crippen LogP contribution in [0.1, 0.15) is 26.2 Å². The van der Waals surface area contributed by atoms with E-state index in [0.717, 1.165) is 44.5 Å². The second-order valence-corrected chi connectivity index (χ2v) is 6.07. The predicted molar refractivity (Wildman–Crippen MR) is 87.5 cm³/mol. The second kappa shape index (κ2) is 8.84. The normalized spacial score (nSPS) is 14.2. The number of nitrogens with zero attached hydrogens (tertiary/aromatic N) is 2. The highest BCUT2D eigenvalue weighted by atomic mass is 19.2. The molecule has 1 aliphatic rings. The van der Waals surface area contributed by atoms with E-state index < -0.39 is 29.0 Å². The first-order valence-electron chi connectivity index (χ1n) is 8.35. The molecule has 0 aliphatic carbocycles. The van der Waals surface area contributed by atoms with Crippen molar-refractivity contribution in [3.63, 3.8) is 0 Å². The van der Waals surface area contributed by atoms with Crippen LogP contribution in [0.25, 0.3) is 0 Å². The van der Waals surface area contributed by atoms with Crippen LogP contribution in [0.5, 0.6) is 0 Å². The van der Waals surface area contributed by atoms with Crippen LogP contribution in [0.15, 0.2) is 12.1 Å². The van der Waals surface area contributed by atoms with E-state index in [1.54, 1.807) is 9.80 Å². The minimum Gasteiger partial charge on any atom is -0.342 e. The lowest BCUT2D eigenvalue weighted by Crippen LogP contribution is -2.42. The Kier molecular flexibility index (Phi) is 6.81. The van der Waals surface area contributed by atoms with Gasteiger partial charge < -0.3 is 10.2 Å². The van der Waals surface area contributed by atoms with Gasteiger partial charge in [-0.2, -0.15) is 0 Å². The van der Waals surface area contributed by atoms with Crippen molar-refractivity contribution in [2.45, 2.75) is 26.2 Å². The molecule has 0 atom stereocenters. The standard InChI is InChI=1S/C17H22F3N3O2/c1-2-7-22(11-15(25)23-8-3-4-9-23)10-14(24)21-13-6-5-12(18)16(19)17(13)20/h5-6H,2-4,7-11H2,1H3,(H,21,24). The number of benzene rings is 1. The molecule has 0 spiro atoms. The fourth-order valence-corrected chi connectivity index (χ4v) is 2.80. The maximum Gasteiger partial charge on any atom is 0.238 e. The van der Waals surface area contributed by atoms with Crippen LogP contribution in [0.3, 0.4) is 0 Å². The van der Waals surface area contributed by atoms with E-state index in [2.05, 4.69) is 5.32 Å². The fourth-order valence-electron chi connectivity index (χ4n) is 2.80. The SMILES string of the molecule is CCCN(CC(=O)Nc1ccc(F)c(F)c1F)CC(=O)N1CCCC1. The minimum atomic E-state index is -1.63. The van der Waals surface area contributed by atoms with Crippen LogP contribution in [0.4, 0.5) is 18.9 Å². The fraction of sp³-hybridized carbons (Fsp3) is 0.529. The summed E-state index contributed by atoms with van der Waals surface area (Å²) in [5, 5.41) is 2.22. The van der Waals surface area contributed by atoms with Gasteiger partial charge in [0.1, 0.15) is 0 Å². The first-order valence-corrected chi connectivity index (χ1v) is 8.35. The third-order valence-electron chi connectivity index (χ3n) is 4.03. The molecule has 0 aromatic heterocycles. The van der Waals surface area contributed by atoms with E-state index in [4.69, 9.17) is 0 Å². The average molecular weight is 357 g/mol. The van der Waals surface area contributed by atoms with E-state index in [9.17, 15) is 22.8 Å². The van der Waals surface area contributed by atoms with Gasteiger partial charge >= 0.3 is 0 Å². The number of likely N-dealkylation sites (tertiary alicyclic amines) is 1. The molecule has 1 aliphatic heterocycles. The lowest BCUT2D eigenvalue weighted by molar-refractivity contribution is -0.131. The Labute approximate surface area is 144 Å². The van der Waals surface area contributed by atoms with Crippen molar-refractivity contribution in [3.05, 3.63) is 29.6 Å². The molecule has 1 fully saturated rings. The molecule has 1 N–H and O–H groups in total. The Hall–Kier alpha value is -2.09. The molecule has 138 valence electrons. The zero-order valence-corrected chi connectivity index (χ0v) is 14.2. The van der Waals surface area contributed by atoms with Gasteiger partial charge in [-0.3, -0.25) is 14.5 Å². The van der Waals surface area contributed by atoms with Gasteiger partial charge in [0.05, 0.1) is 18.8 Å². The third-order valence-corrected chi connectivity index (χ3v) is 4.03. The van der Waals surface area contributed by atoms with Gasteiger partial charge in [-0.1, -0.05) is 6.92 Å². The predicted octanol–water partition coefficient (Wildman–Crippen LogP) is 2.38. The van der Waals surface area contributed by atoms with Crippen LogP contribution < -0.4 is 5.32 Å². The Morgan fingerprint density at radius 1 is 1.12 bits per heavy atom. The first-order chi connectivity index (χ1) is 11.9. The summed E-state index contributed by atoms with van der Waals surface area (Å²) in [6, 6.07) is 1.71. The van der Waals surface area contributed by atoms with Gasteiger partial charge in [-0.05, 0) is 37.9 Å². The minimum absolute atomic E-state index is 0.0437. The number of halogens is 3. The molecule has 0 bridgehead atoms.